The van der Waals surface area contributed by atoms with Crippen molar-refractivity contribution < 1.29 is 22.7 Å². The highest BCUT2D eigenvalue weighted by molar-refractivity contribution is 7.89. The van der Waals surface area contributed by atoms with Crippen LogP contribution in [0.1, 0.15) is 136 Å². The van der Waals surface area contributed by atoms with Crippen molar-refractivity contribution in [3.63, 3.8) is 0 Å². The molecule has 1 atom stereocenters. The van der Waals surface area contributed by atoms with Gasteiger partial charge >= 0.3 is 5.97 Å². The zero-order valence-corrected chi connectivity index (χ0v) is 29.8. The van der Waals surface area contributed by atoms with Gasteiger partial charge in [0.1, 0.15) is 6.10 Å². The molecule has 0 aliphatic carbocycles. The number of carbonyl (C=O) groups excluding carboxylic acids is 2. The van der Waals surface area contributed by atoms with E-state index in [0.29, 0.717) is 44.7 Å². The van der Waals surface area contributed by atoms with E-state index in [1.807, 2.05) is 18.7 Å². The first kappa shape index (κ1) is 38.0. The van der Waals surface area contributed by atoms with Crippen LogP contribution in [0, 0.1) is 11.3 Å². The van der Waals surface area contributed by atoms with Gasteiger partial charge in [0.2, 0.25) is 15.9 Å². The second-order valence-corrected chi connectivity index (χ2v) is 16.4. The third kappa shape index (κ3) is 13.3. The van der Waals surface area contributed by atoms with E-state index < -0.39 is 15.4 Å². The predicted molar refractivity (Wildman–Crippen MR) is 183 cm³/mol. The number of esters is 1. The van der Waals surface area contributed by atoms with Crippen molar-refractivity contribution >= 4 is 21.9 Å². The van der Waals surface area contributed by atoms with Gasteiger partial charge in [-0.05, 0) is 57.3 Å². The molecule has 0 bridgehead atoms. The maximum atomic E-state index is 12.9. The summed E-state index contributed by atoms with van der Waals surface area (Å²) in [6, 6.07) is 0. The number of unbranched alkanes of at least 4 members (excludes halogenated alkanes) is 11. The van der Waals surface area contributed by atoms with Gasteiger partial charge in [0.15, 0.2) is 0 Å². The van der Waals surface area contributed by atoms with Crippen molar-refractivity contribution in [1.82, 2.24) is 14.1 Å². The molecule has 3 aliphatic heterocycles. The van der Waals surface area contributed by atoms with Crippen LogP contribution in [0.5, 0.6) is 0 Å². The van der Waals surface area contributed by atoms with Crippen LogP contribution in [-0.4, -0.2) is 92.1 Å². The summed E-state index contributed by atoms with van der Waals surface area (Å²) in [5.41, 5.74) is -0.524. The highest BCUT2D eigenvalue weighted by Crippen LogP contribution is 2.44. The van der Waals surface area contributed by atoms with E-state index >= 15 is 0 Å². The number of amides is 1. The summed E-state index contributed by atoms with van der Waals surface area (Å²) in [4.78, 5) is 30.0. The van der Waals surface area contributed by atoms with Gasteiger partial charge in [-0.3, -0.25) is 14.5 Å². The Morgan fingerprint density at radius 2 is 1.44 bits per heavy atom. The highest BCUT2D eigenvalue weighted by atomic mass is 32.2. The number of ether oxygens (including phenoxy) is 1. The Labute approximate surface area is 275 Å². The number of piperidine rings is 1. The van der Waals surface area contributed by atoms with Crippen LogP contribution < -0.4 is 0 Å². The summed E-state index contributed by atoms with van der Waals surface area (Å²) < 4.78 is 32.6. The summed E-state index contributed by atoms with van der Waals surface area (Å²) in [5, 5.41) is 0. The van der Waals surface area contributed by atoms with Crippen molar-refractivity contribution in [1.29, 1.82) is 0 Å². The summed E-state index contributed by atoms with van der Waals surface area (Å²) >= 11 is 0. The van der Waals surface area contributed by atoms with Crippen LogP contribution in [0.2, 0.25) is 0 Å². The molecule has 8 nitrogen and oxygen atoms in total. The molecule has 0 N–H and O–H groups in total. The fourth-order valence-electron chi connectivity index (χ4n) is 7.18. The maximum Gasteiger partial charge on any atom is 0.312 e. The molecule has 0 radical (unpaired) electrons. The number of rotatable bonds is 21. The van der Waals surface area contributed by atoms with E-state index in [4.69, 9.17) is 4.74 Å². The topological polar surface area (TPSA) is 87.2 Å². The third-order valence-electron chi connectivity index (χ3n) is 10.1. The zero-order chi connectivity index (χ0) is 32.5. The average molecular weight is 652 g/mol. The number of nitrogens with zero attached hydrogens (tertiary/aromatic N) is 3. The summed E-state index contributed by atoms with van der Waals surface area (Å²) in [7, 11) is -3.27. The van der Waals surface area contributed by atoms with Crippen molar-refractivity contribution in [3.8, 4) is 0 Å². The van der Waals surface area contributed by atoms with Crippen molar-refractivity contribution in [2.45, 2.75) is 142 Å². The number of allylic oxidation sites excluding steroid dienone is 2. The largest absolute Gasteiger partial charge is 0.462 e. The fourth-order valence-corrected chi connectivity index (χ4v) is 8.97. The van der Waals surface area contributed by atoms with E-state index in [9.17, 15) is 18.0 Å². The van der Waals surface area contributed by atoms with Gasteiger partial charge in [-0.2, -0.15) is 0 Å². The molecule has 0 aromatic carbocycles. The molecule has 0 aromatic rings. The van der Waals surface area contributed by atoms with E-state index in [1.165, 1.54) is 70.6 Å². The quantitative estimate of drug-likeness (QED) is 0.0759. The molecular weight excluding hydrogens is 586 g/mol. The van der Waals surface area contributed by atoms with Crippen LogP contribution in [0.15, 0.2) is 12.2 Å². The minimum atomic E-state index is -3.27. The van der Waals surface area contributed by atoms with Crippen molar-refractivity contribution in [2.24, 2.45) is 11.3 Å². The third-order valence-corrected chi connectivity index (χ3v) is 12.3. The standard InChI is InChI=1S/C36H65N3O5S/c1-4-5-6-7-8-9-10-11-12-13-14-15-16-17-18-19-34(40)38-28-26-37(27-29-38)23-20-33-30-36(35(41)44-33)21-24-39(25-22-36)45(42,43)31-32(2)3/h11-12,32-33H,4-10,13-31H2,1-3H3/b12-11-. The lowest BCUT2D eigenvalue weighted by atomic mass is 9.76. The van der Waals surface area contributed by atoms with E-state index in [-0.39, 0.29) is 23.7 Å². The number of hydrogen-bond donors (Lipinski definition) is 0. The maximum absolute atomic E-state index is 12.9. The minimum absolute atomic E-state index is 0.0867. The number of carbonyl (C=O) groups is 2. The van der Waals surface area contributed by atoms with Crippen LogP contribution in [0.25, 0.3) is 0 Å². The second kappa shape index (κ2) is 20.0. The van der Waals surface area contributed by atoms with Gasteiger partial charge in [-0.25, -0.2) is 12.7 Å². The van der Waals surface area contributed by atoms with Gasteiger partial charge in [0.05, 0.1) is 11.2 Å². The molecule has 0 aromatic heterocycles. The Bertz CT molecular complexity index is 998. The first-order valence-corrected chi connectivity index (χ1v) is 20.1. The average Bonchev–Trinajstić information content (AvgIpc) is 3.31. The van der Waals surface area contributed by atoms with Crippen molar-refractivity contribution in [3.05, 3.63) is 12.2 Å². The molecule has 3 heterocycles. The molecule has 0 saturated carbocycles. The molecule has 260 valence electrons. The smallest absolute Gasteiger partial charge is 0.312 e. The van der Waals surface area contributed by atoms with Crippen molar-refractivity contribution in [2.75, 3.05) is 51.6 Å². The number of cyclic esters (lactones) is 1. The van der Waals surface area contributed by atoms with E-state index in [0.717, 1.165) is 52.0 Å². The normalized spacial score (nSPS) is 21.4. The summed E-state index contributed by atoms with van der Waals surface area (Å²) in [6.07, 6.45) is 24.3. The van der Waals surface area contributed by atoms with E-state index in [1.54, 1.807) is 4.31 Å². The molecular formula is C36H65N3O5S. The van der Waals surface area contributed by atoms with Gasteiger partial charge in [-0.1, -0.05) is 84.3 Å². The van der Waals surface area contributed by atoms with Crippen LogP contribution >= 0.6 is 0 Å². The Balaban J connectivity index is 1.19. The number of hydrogen-bond acceptors (Lipinski definition) is 6. The Hall–Kier alpha value is -1.45. The van der Waals surface area contributed by atoms with Crippen LogP contribution in [0.4, 0.5) is 0 Å². The first-order chi connectivity index (χ1) is 21.6. The predicted octanol–water partition coefficient (Wildman–Crippen LogP) is 6.94. The molecule has 3 saturated heterocycles. The zero-order valence-electron chi connectivity index (χ0n) is 29.0. The van der Waals surface area contributed by atoms with Gasteiger partial charge in [0, 0.05) is 58.7 Å². The van der Waals surface area contributed by atoms with Crippen LogP contribution in [-0.2, 0) is 24.3 Å². The first-order valence-electron chi connectivity index (χ1n) is 18.5. The SMILES string of the molecule is CCCCCCCC/C=C\CCCCCCCC(=O)N1CCN(CCC2CC3(CCN(S(=O)(=O)CC(C)C)CC3)C(=O)O2)CC1. The molecule has 1 spiro atoms. The molecule has 1 amide bonds. The minimum Gasteiger partial charge on any atom is -0.462 e. The second-order valence-electron chi connectivity index (χ2n) is 14.4. The fraction of sp³-hybridized carbons (Fsp3) is 0.889. The lowest BCUT2D eigenvalue weighted by molar-refractivity contribution is -0.150. The number of sulfonamides is 1. The van der Waals surface area contributed by atoms with Gasteiger partial charge in [-0.15, -0.1) is 0 Å². The molecule has 3 rings (SSSR count). The summed E-state index contributed by atoms with van der Waals surface area (Å²) in [6.45, 7) is 11.1. The molecule has 3 fully saturated rings. The Morgan fingerprint density at radius 3 is 2.04 bits per heavy atom. The molecule has 3 aliphatic rings. The van der Waals surface area contributed by atoms with E-state index in [2.05, 4.69) is 24.0 Å². The summed E-state index contributed by atoms with van der Waals surface area (Å²) in [5.74, 6) is 0.396. The Kier molecular flexibility index (Phi) is 16.9. The number of piperazine rings is 1. The Morgan fingerprint density at radius 1 is 0.867 bits per heavy atom. The van der Waals surface area contributed by atoms with Gasteiger partial charge in [0.25, 0.3) is 0 Å². The highest BCUT2D eigenvalue weighted by Gasteiger charge is 2.51. The lowest BCUT2D eigenvalue weighted by Gasteiger charge is -2.36. The lowest BCUT2D eigenvalue weighted by Crippen LogP contribution is -2.49. The molecule has 1 unspecified atom stereocenters. The van der Waals surface area contributed by atoms with Gasteiger partial charge < -0.3 is 9.64 Å². The van der Waals surface area contributed by atoms with Crippen LogP contribution in [0.3, 0.4) is 0 Å². The molecule has 9 heteroatoms. The monoisotopic (exact) mass is 651 g/mol. The molecule has 45 heavy (non-hydrogen) atoms.